The zero-order chi connectivity index (χ0) is 18.8. The van der Waals surface area contributed by atoms with E-state index in [1.54, 1.807) is 14.0 Å². The second-order valence-corrected chi connectivity index (χ2v) is 6.25. The molecule has 0 aromatic carbocycles. The molecule has 8 nitrogen and oxygen atoms in total. The molecule has 1 unspecified atom stereocenters. The summed E-state index contributed by atoms with van der Waals surface area (Å²) in [6.07, 6.45) is 0.435. The van der Waals surface area contributed by atoms with Crippen molar-refractivity contribution in [2.45, 2.75) is 53.6 Å². The number of halogens is 1. The number of nitrogens with one attached hydrogen (secondary N) is 3. The lowest BCUT2D eigenvalue weighted by Gasteiger charge is -2.22. The van der Waals surface area contributed by atoms with Crippen molar-refractivity contribution >= 4 is 36.0 Å². The molecule has 0 aliphatic heterocycles. The Morgan fingerprint density at radius 2 is 2.00 bits per heavy atom. The van der Waals surface area contributed by atoms with Crippen LogP contribution in [0.3, 0.4) is 0 Å². The molecule has 0 saturated carbocycles. The minimum absolute atomic E-state index is 0. The van der Waals surface area contributed by atoms with Gasteiger partial charge >= 0.3 is 6.09 Å². The van der Waals surface area contributed by atoms with Gasteiger partial charge < -0.3 is 25.1 Å². The summed E-state index contributed by atoms with van der Waals surface area (Å²) in [5, 5.41) is 9.24. The highest BCUT2D eigenvalue weighted by molar-refractivity contribution is 14.0. The van der Waals surface area contributed by atoms with E-state index in [1.165, 1.54) is 0 Å². The Morgan fingerprint density at radius 1 is 1.31 bits per heavy atom. The van der Waals surface area contributed by atoms with Gasteiger partial charge in [0.25, 0.3) is 0 Å². The van der Waals surface area contributed by atoms with Crippen molar-refractivity contribution in [3.05, 3.63) is 17.3 Å². The Kier molecular flexibility index (Phi) is 12.0. The van der Waals surface area contributed by atoms with Crippen LogP contribution in [0, 0.1) is 19.8 Å². The minimum atomic E-state index is -0.399. The molecule has 0 fully saturated rings. The summed E-state index contributed by atoms with van der Waals surface area (Å²) < 4.78 is 10.5. The highest BCUT2D eigenvalue weighted by atomic mass is 127. The second-order valence-electron chi connectivity index (χ2n) is 6.25. The van der Waals surface area contributed by atoms with E-state index in [1.807, 2.05) is 13.8 Å². The molecule has 0 saturated heterocycles. The zero-order valence-corrected chi connectivity index (χ0v) is 18.8. The number of aryl methyl sites for hydroxylation is 2. The average molecular weight is 481 g/mol. The van der Waals surface area contributed by atoms with Gasteiger partial charge in [-0.1, -0.05) is 13.8 Å². The van der Waals surface area contributed by atoms with Gasteiger partial charge in [-0.2, -0.15) is 0 Å². The fourth-order valence-corrected chi connectivity index (χ4v) is 2.32. The maximum absolute atomic E-state index is 11.7. The lowest BCUT2D eigenvalue weighted by molar-refractivity contribution is 0.146. The van der Waals surface area contributed by atoms with Crippen molar-refractivity contribution in [1.29, 1.82) is 0 Å². The van der Waals surface area contributed by atoms with Crippen LogP contribution in [-0.4, -0.2) is 43.3 Å². The monoisotopic (exact) mass is 481 g/mol. The second kappa shape index (κ2) is 12.8. The van der Waals surface area contributed by atoms with Crippen LogP contribution < -0.4 is 16.0 Å². The Bertz CT molecular complexity index is 555. The molecule has 9 heteroatoms. The summed E-state index contributed by atoms with van der Waals surface area (Å²) in [7, 11) is 1.69. The third kappa shape index (κ3) is 9.25. The molecule has 26 heavy (non-hydrogen) atoms. The van der Waals surface area contributed by atoms with E-state index in [4.69, 9.17) is 9.15 Å². The first kappa shape index (κ1) is 24.5. The molecular weight excluding hydrogens is 449 g/mol. The molecule has 1 atom stereocenters. The molecule has 1 rings (SSSR count). The quantitative estimate of drug-likeness (QED) is 0.300. The van der Waals surface area contributed by atoms with Crippen molar-refractivity contribution in [2.75, 3.05) is 20.2 Å². The Morgan fingerprint density at radius 3 is 2.50 bits per heavy atom. The van der Waals surface area contributed by atoms with E-state index in [0.29, 0.717) is 37.5 Å². The number of nitrogens with zero attached hydrogens (tertiary/aromatic N) is 2. The number of amides is 1. The molecular formula is C17H32IN5O3. The fraction of sp³-hybridized carbons (Fsp3) is 0.706. The first-order valence-electron chi connectivity index (χ1n) is 8.66. The number of rotatable bonds is 8. The summed E-state index contributed by atoms with van der Waals surface area (Å²) in [6, 6.07) is -0.0520. The largest absolute Gasteiger partial charge is 0.450 e. The summed E-state index contributed by atoms with van der Waals surface area (Å²) >= 11 is 0. The maximum Gasteiger partial charge on any atom is 0.407 e. The van der Waals surface area contributed by atoms with Crippen LogP contribution in [-0.2, 0) is 11.3 Å². The van der Waals surface area contributed by atoms with Gasteiger partial charge in [-0.15, -0.1) is 24.0 Å². The van der Waals surface area contributed by atoms with E-state index in [-0.39, 0.29) is 30.0 Å². The van der Waals surface area contributed by atoms with Gasteiger partial charge in [-0.25, -0.2) is 9.78 Å². The number of aromatic nitrogens is 1. The predicted octanol–water partition coefficient (Wildman–Crippen LogP) is 2.74. The minimum Gasteiger partial charge on any atom is -0.450 e. The number of hydrogen-bond acceptors (Lipinski definition) is 5. The number of carbonyl (C=O) groups excluding carboxylic acids is 1. The molecule has 0 radical (unpaired) electrons. The van der Waals surface area contributed by atoms with Crippen molar-refractivity contribution in [2.24, 2.45) is 10.9 Å². The van der Waals surface area contributed by atoms with E-state index in [9.17, 15) is 4.79 Å². The number of guanidine groups is 1. The number of hydrogen-bond donors (Lipinski definition) is 3. The van der Waals surface area contributed by atoms with Gasteiger partial charge in [0.15, 0.2) is 5.96 Å². The molecule has 1 heterocycles. The van der Waals surface area contributed by atoms with Crippen LogP contribution in [0.15, 0.2) is 9.41 Å². The molecule has 3 N–H and O–H groups in total. The van der Waals surface area contributed by atoms with Crippen molar-refractivity contribution in [1.82, 2.24) is 20.9 Å². The van der Waals surface area contributed by atoms with Crippen LogP contribution in [0.1, 0.15) is 44.5 Å². The molecule has 1 amide bonds. The standard InChI is InChI=1S/C17H31N5O3.HI/c1-7-24-17(23)22-14(8-11(2)3)9-19-16(18-6)20-10-15-21-12(4)13(5)25-15;/h11,14H,7-10H2,1-6H3,(H,22,23)(H2,18,19,20);1H. The highest BCUT2D eigenvalue weighted by Crippen LogP contribution is 2.07. The van der Waals surface area contributed by atoms with Crippen LogP contribution in [0.4, 0.5) is 4.79 Å². The van der Waals surface area contributed by atoms with E-state index >= 15 is 0 Å². The lowest BCUT2D eigenvalue weighted by Crippen LogP contribution is -2.47. The van der Waals surface area contributed by atoms with Crippen molar-refractivity contribution in [3.63, 3.8) is 0 Å². The topological polar surface area (TPSA) is 101 Å². The van der Waals surface area contributed by atoms with Gasteiger partial charge in [0.05, 0.1) is 18.8 Å². The van der Waals surface area contributed by atoms with Crippen LogP contribution >= 0.6 is 24.0 Å². The maximum atomic E-state index is 11.7. The average Bonchev–Trinajstić information content (AvgIpc) is 2.85. The number of carbonyl (C=O) groups is 1. The Balaban J connectivity index is 0.00000625. The lowest BCUT2D eigenvalue weighted by atomic mass is 10.0. The third-order valence-corrected chi connectivity index (χ3v) is 3.57. The molecule has 0 aliphatic rings. The molecule has 150 valence electrons. The number of ether oxygens (including phenoxy) is 1. The zero-order valence-electron chi connectivity index (χ0n) is 16.5. The Hall–Kier alpha value is -1.52. The van der Waals surface area contributed by atoms with E-state index in [0.717, 1.165) is 17.9 Å². The molecule has 1 aromatic heterocycles. The fourth-order valence-electron chi connectivity index (χ4n) is 2.32. The van der Waals surface area contributed by atoms with Gasteiger partial charge in [0, 0.05) is 19.6 Å². The first-order valence-corrected chi connectivity index (χ1v) is 8.66. The third-order valence-electron chi connectivity index (χ3n) is 3.57. The SMILES string of the molecule is CCOC(=O)NC(CNC(=NC)NCc1nc(C)c(C)o1)CC(C)C.I. The molecule has 0 aliphatic carbocycles. The van der Waals surface area contributed by atoms with Gasteiger partial charge in [0.1, 0.15) is 5.76 Å². The molecule has 1 aromatic rings. The van der Waals surface area contributed by atoms with Crippen LogP contribution in [0.5, 0.6) is 0 Å². The van der Waals surface area contributed by atoms with Crippen molar-refractivity contribution in [3.8, 4) is 0 Å². The molecule has 0 spiro atoms. The summed E-state index contributed by atoms with van der Waals surface area (Å²) in [6.45, 7) is 11.1. The van der Waals surface area contributed by atoms with Crippen molar-refractivity contribution < 1.29 is 13.9 Å². The van der Waals surface area contributed by atoms with E-state index in [2.05, 4.69) is 39.8 Å². The summed E-state index contributed by atoms with van der Waals surface area (Å²) in [5.74, 6) is 2.49. The van der Waals surface area contributed by atoms with Gasteiger partial charge in [0.2, 0.25) is 5.89 Å². The van der Waals surface area contributed by atoms with Gasteiger partial charge in [-0.3, -0.25) is 4.99 Å². The first-order chi connectivity index (χ1) is 11.8. The smallest absolute Gasteiger partial charge is 0.407 e. The predicted molar refractivity (Wildman–Crippen MR) is 113 cm³/mol. The summed E-state index contributed by atoms with van der Waals surface area (Å²) in [5.41, 5.74) is 0.885. The number of oxazole rings is 1. The van der Waals surface area contributed by atoms with E-state index < -0.39 is 6.09 Å². The Labute approximate surface area is 173 Å². The normalized spacial score (nSPS) is 12.3. The highest BCUT2D eigenvalue weighted by Gasteiger charge is 2.15. The van der Waals surface area contributed by atoms with Crippen LogP contribution in [0.2, 0.25) is 0 Å². The molecule has 0 bridgehead atoms. The van der Waals surface area contributed by atoms with Crippen LogP contribution in [0.25, 0.3) is 0 Å². The number of alkyl carbamates (subject to hydrolysis) is 1. The van der Waals surface area contributed by atoms with Gasteiger partial charge in [-0.05, 0) is 33.1 Å². The number of aliphatic imine (C=N–C) groups is 1. The summed E-state index contributed by atoms with van der Waals surface area (Å²) in [4.78, 5) is 20.2.